The van der Waals surface area contributed by atoms with Crippen LogP contribution in [-0.4, -0.2) is 20.8 Å². The number of nitrogens with one attached hydrogen (secondary N) is 1. The standard InChI is InChI=1S/C12H18ClN5S/c1-7(15-4-10-6-19-12(14)16-10)5-18-9(3)11(13)8(2)17-18/h6-7,15H,4-5H2,1-3H3,(H2,14,16)/t7-/m0/s1. The Morgan fingerprint density at radius 1 is 1.53 bits per heavy atom. The van der Waals surface area contributed by atoms with E-state index in [9.17, 15) is 0 Å². The van der Waals surface area contributed by atoms with Crippen LogP contribution in [0.25, 0.3) is 0 Å². The van der Waals surface area contributed by atoms with E-state index in [1.165, 1.54) is 11.3 Å². The molecule has 0 aliphatic rings. The van der Waals surface area contributed by atoms with Gasteiger partial charge in [0.15, 0.2) is 5.13 Å². The molecule has 0 amide bonds. The summed E-state index contributed by atoms with van der Waals surface area (Å²) in [5.41, 5.74) is 8.45. The van der Waals surface area contributed by atoms with Crippen molar-refractivity contribution in [2.24, 2.45) is 0 Å². The molecule has 0 aliphatic carbocycles. The minimum Gasteiger partial charge on any atom is -0.375 e. The lowest BCUT2D eigenvalue weighted by atomic mass is 10.3. The SMILES string of the molecule is Cc1nn(C[C@H](C)NCc2csc(N)n2)c(C)c1Cl. The molecule has 2 aromatic heterocycles. The number of halogens is 1. The van der Waals surface area contributed by atoms with Gasteiger partial charge in [-0.2, -0.15) is 5.10 Å². The van der Waals surface area contributed by atoms with Crippen LogP contribution in [0.1, 0.15) is 24.0 Å². The van der Waals surface area contributed by atoms with Crippen LogP contribution in [0.2, 0.25) is 5.02 Å². The van der Waals surface area contributed by atoms with Gasteiger partial charge in [0, 0.05) is 18.0 Å². The van der Waals surface area contributed by atoms with Gasteiger partial charge >= 0.3 is 0 Å². The molecule has 0 fully saturated rings. The number of hydrogen-bond acceptors (Lipinski definition) is 5. The highest BCUT2D eigenvalue weighted by Crippen LogP contribution is 2.19. The number of hydrogen-bond donors (Lipinski definition) is 2. The largest absolute Gasteiger partial charge is 0.375 e. The van der Waals surface area contributed by atoms with Crippen LogP contribution in [0.15, 0.2) is 5.38 Å². The van der Waals surface area contributed by atoms with Gasteiger partial charge in [-0.1, -0.05) is 11.6 Å². The molecule has 104 valence electrons. The van der Waals surface area contributed by atoms with Crippen LogP contribution < -0.4 is 11.1 Å². The second-order valence-electron chi connectivity index (χ2n) is 4.63. The molecule has 0 saturated carbocycles. The molecule has 2 heterocycles. The van der Waals surface area contributed by atoms with E-state index in [0.717, 1.165) is 28.6 Å². The van der Waals surface area contributed by atoms with Crippen molar-refractivity contribution >= 4 is 28.1 Å². The molecule has 19 heavy (non-hydrogen) atoms. The van der Waals surface area contributed by atoms with Crippen molar-refractivity contribution in [2.45, 2.75) is 39.9 Å². The number of aromatic nitrogens is 3. The maximum Gasteiger partial charge on any atom is 0.180 e. The minimum atomic E-state index is 0.275. The summed E-state index contributed by atoms with van der Waals surface area (Å²) in [4.78, 5) is 4.22. The summed E-state index contributed by atoms with van der Waals surface area (Å²) in [5.74, 6) is 0. The van der Waals surface area contributed by atoms with E-state index in [0.29, 0.717) is 11.7 Å². The van der Waals surface area contributed by atoms with Crippen LogP contribution in [0, 0.1) is 13.8 Å². The molecule has 7 heteroatoms. The highest BCUT2D eigenvalue weighted by molar-refractivity contribution is 7.13. The summed E-state index contributed by atoms with van der Waals surface area (Å²) in [7, 11) is 0. The number of anilines is 1. The number of nitrogens with zero attached hydrogens (tertiary/aromatic N) is 3. The van der Waals surface area contributed by atoms with Crippen molar-refractivity contribution in [1.29, 1.82) is 0 Å². The molecule has 0 bridgehead atoms. The Bertz CT molecular complexity index is 562. The van der Waals surface area contributed by atoms with Gasteiger partial charge in [0.05, 0.1) is 28.6 Å². The zero-order valence-electron chi connectivity index (χ0n) is 11.3. The maximum absolute atomic E-state index is 6.13. The van der Waals surface area contributed by atoms with Gasteiger partial charge < -0.3 is 11.1 Å². The van der Waals surface area contributed by atoms with Crippen molar-refractivity contribution in [3.63, 3.8) is 0 Å². The summed E-state index contributed by atoms with van der Waals surface area (Å²) in [6.07, 6.45) is 0. The van der Waals surface area contributed by atoms with Crippen molar-refractivity contribution < 1.29 is 0 Å². The predicted octanol–water partition coefficient (Wildman–Crippen LogP) is 2.37. The van der Waals surface area contributed by atoms with E-state index in [2.05, 4.69) is 22.3 Å². The first-order chi connectivity index (χ1) is 8.97. The van der Waals surface area contributed by atoms with Crippen LogP contribution in [0.5, 0.6) is 0 Å². The summed E-state index contributed by atoms with van der Waals surface area (Å²) < 4.78 is 1.94. The van der Waals surface area contributed by atoms with E-state index in [1.54, 1.807) is 0 Å². The average Bonchev–Trinajstić information content (AvgIpc) is 2.88. The fraction of sp³-hybridized carbons (Fsp3) is 0.500. The molecule has 0 radical (unpaired) electrons. The summed E-state index contributed by atoms with van der Waals surface area (Å²) in [6, 6.07) is 0.275. The zero-order valence-corrected chi connectivity index (χ0v) is 12.8. The van der Waals surface area contributed by atoms with E-state index < -0.39 is 0 Å². The minimum absolute atomic E-state index is 0.275. The van der Waals surface area contributed by atoms with Gasteiger partial charge in [-0.25, -0.2) is 4.98 Å². The Labute approximate surface area is 121 Å². The smallest absolute Gasteiger partial charge is 0.180 e. The normalized spacial score (nSPS) is 12.8. The molecule has 0 aliphatic heterocycles. The molecule has 0 spiro atoms. The third kappa shape index (κ3) is 3.46. The zero-order chi connectivity index (χ0) is 14.0. The molecule has 0 aromatic carbocycles. The lowest BCUT2D eigenvalue weighted by Gasteiger charge is -2.14. The summed E-state index contributed by atoms with van der Waals surface area (Å²) >= 11 is 7.59. The predicted molar refractivity (Wildman–Crippen MR) is 79.5 cm³/mol. The Morgan fingerprint density at radius 3 is 2.79 bits per heavy atom. The van der Waals surface area contributed by atoms with Crippen molar-refractivity contribution in [3.8, 4) is 0 Å². The molecule has 2 aromatic rings. The van der Waals surface area contributed by atoms with Crippen LogP contribution in [0.4, 0.5) is 5.13 Å². The Kier molecular flexibility index (Phi) is 4.44. The van der Waals surface area contributed by atoms with Crippen molar-refractivity contribution in [3.05, 3.63) is 27.5 Å². The topological polar surface area (TPSA) is 68.8 Å². The number of rotatable bonds is 5. The van der Waals surface area contributed by atoms with Crippen LogP contribution in [-0.2, 0) is 13.1 Å². The summed E-state index contributed by atoms with van der Waals surface area (Å²) in [5, 5.41) is 11.1. The molecule has 0 saturated heterocycles. The second-order valence-corrected chi connectivity index (χ2v) is 5.89. The molecular formula is C12H18ClN5S. The quantitative estimate of drug-likeness (QED) is 0.889. The van der Waals surface area contributed by atoms with E-state index in [1.807, 2.05) is 23.9 Å². The number of nitrogens with two attached hydrogens (primary N) is 1. The molecule has 5 nitrogen and oxygen atoms in total. The monoisotopic (exact) mass is 299 g/mol. The average molecular weight is 300 g/mol. The number of nitrogen functional groups attached to an aromatic ring is 1. The lowest BCUT2D eigenvalue weighted by molar-refractivity contribution is 0.442. The van der Waals surface area contributed by atoms with Gasteiger partial charge in [0.1, 0.15) is 0 Å². The Morgan fingerprint density at radius 2 is 2.26 bits per heavy atom. The summed E-state index contributed by atoms with van der Waals surface area (Å²) in [6.45, 7) is 7.50. The van der Waals surface area contributed by atoms with Gasteiger partial charge in [0.2, 0.25) is 0 Å². The van der Waals surface area contributed by atoms with Gasteiger partial charge in [0.25, 0.3) is 0 Å². The van der Waals surface area contributed by atoms with Crippen molar-refractivity contribution in [2.75, 3.05) is 5.73 Å². The number of aryl methyl sites for hydroxylation is 1. The third-order valence-corrected chi connectivity index (χ3v) is 4.21. The molecule has 3 N–H and O–H groups in total. The van der Waals surface area contributed by atoms with E-state index >= 15 is 0 Å². The second kappa shape index (κ2) is 5.90. The molecule has 2 rings (SSSR count). The van der Waals surface area contributed by atoms with Gasteiger partial charge in [-0.05, 0) is 20.8 Å². The fourth-order valence-corrected chi connectivity index (χ4v) is 2.56. The van der Waals surface area contributed by atoms with E-state index in [-0.39, 0.29) is 6.04 Å². The molecule has 1 atom stereocenters. The third-order valence-electron chi connectivity index (χ3n) is 2.94. The van der Waals surface area contributed by atoms with Gasteiger partial charge in [-0.15, -0.1) is 11.3 Å². The fourth-order valence-electron chi connectivity index (χ4n) is 1.86. The van der Waals surface area contributed by atoms with Crippen LogP contribution >= 0.6 is 22.9 Å². The maximum atomic E-state index is 6.13. The highest BCUT2D eigenvalue weighted by atomic mass is 35.5. The lowest BCUT2D eigenvalue weighted by Crippen LogP contribution is -2.30. The van der Waals surface area contributed by atoms with E-state index in [4.69, 9.17) is 17.3 Å². The first-order valence-corrected chi connectivity index (χ1v) is 7.36. The molecular weight excluding hydrogens is 282 g/mol. The van der Waals surface area contributed by atoms with Crippen molar-refractivity contribution in [1.82, 2.24) is 20.1 Å². The number of thiazole rings is 1. The molecule has 0 unspecified atom stereocenters. The van der Waals surface area contributed by atoms with Gasteiger partial charge in [-0.3, -0.25) is 4.68 Å². The Hall–Kier alpha value is -1.11. The first kappa shape index (κ1) is 14.3. The van der Waals surface area contributed by atoms with Crippen LogP contribution in [0.3, 0.4) is 0 Å². The Balaban J connectivity index is 1.90. The first-order valence-electron chi connectivity index (χ1n) is 6.10. The highest BCUT2D eigenvalue weighted by Gasteiger charge is 2.11.